The van der Waals surface area contributed by atoms with Gasteiger partial charge < -0.3 is 9.73 Å². The van der Waals surface area contributed by atoms with Gasteiger partial charge in [0, 0.05) is 18.3 Å². The number of amidine groups is 1. The Bertz CT molecular complexity index is 1320. The summed E-state index contributed by atoms with van der Waals surface area (Å²) in [5.74, 6) is -0.461. The lowest BCUT2D eigenvalue weighted by molar-refractivity contribution is -0.137. The van der Waals surface area contributed by atoms with Gasteiger partial charge in [0.25, 0.3) is 0 Å². The topological polar surface area (TPSA) is 87.3 Å². The average molecular weight is 527 g/mol. The van der Waals surface area contributed by atoms with Crippen LogP contribution in [-0.4, -0.2) is 33.3 Å². The summed E-state index contributed by atoms with van der Waals surface area (Å²) in [6.07, 6.45) is 1.71. The summed E-state index contributed by atoms with van der Waals surface area (Å²) >= 11 is 1.06. The fraction of sp³-hybridized carbons (Fsp3) is 0.154. The quantitative estimate of drug-likeness (QED) is 0.296. The van der Waals surface area contributed by atoms with Crippen molar-refractivity contribution in [2.24, 2.45) is 10.2 Å². The van der Waals surface area contributed by atoms with Crippen LogP contribution in [0.15, 0.2) is 93.7 Å². The van der Waals surface area contributed by atoms with E-state index in [2.05, 4.69) is 15.5 Å². The molecule has 7 nitrogen and oxygen atoms in total. The summed E-state index contributed by atoms with van der Waals surface area (Å²) in [6, 6.07) is 17.3. The van der Waals surface area contributed by atoms with Crippen molar-refractivity contribution in [1.82, 2.24) is 4.90 Å². The van der Waals surface area contributed by atoms with Gasteiger partial charge in [-0.05, 0) is 42.0 Å². The highest BCUT2D eigenvalue weighted by molar-refractivity contribution is 8.15. The van der Waals surface area contributed by atoms with Crippen LogP contribution in [0.1, 0.15) is 23.3 Å². The Morgan fingerprint density at radius 2 is 1.92 bits per heavy atom. The number of amides is 2. The minimum atomic E-state index is -4.54. The predicted molar refractivity (Wildman–Crippen MR) is 137 cm³/mol. The van der Waals surface area contributed by atoms with Gasteiger partial charge in [0.2, 0.25) is 11.8 Å². The summed E-state index contributed by atoms with van der Waals surface area (Å²) in [4.78, 5) is 27.0. The molecule has 37 heavy (non-hydrogen) atoms. The van der Waals surface area contributed by atoms with Crippen molar-refractivity contribution in [3.05, 3.63) is 96.0 Å². The maximum Gasteiger partial charge on any atom is 0.416 e. The van der Waals surface area contributed by atoms with Gasteiger partial charge >= 0.3 is 6.18 Å². The third-order valence-electron chi connectivity index (χ3n) is 5.14. The minimum absolute atomic E-state index is 0.00796. The molecule has 2 heterocycles. The van der Waals surface area contributed by atoms with E-state index in [-0.39, 0.29) is 29.7 Å². The standard InChI is InChI=1S/C26H21F3N4O3S/c27-26(28,29)19-10-4-11-20(15-19)31-23(34)16-22-24(35)33(17-21-12-6-14-36-21)25(37-22)32-30-13-5-9-18-7-2-1-3-8-18/h1-15,22H,16-17H2,(H,31,34)/b9-5+,30-13-,32-25-/t22-/m0/s1. The van der Waals surface area contributed by atoms with Gasteiger partial charge in [-0.1, -0.05) is 54.2 Å². The molecule has 4 rings (SSSR count). The molecule has 1 fully saturated rings. The summed E-state index contributed by atoms with van der Waals surface area (Å²) in [6.45, 7) is 0.0960. The fourth-order valence-electron chi connectivity index (χ4n) is 3.41. The number of allylic oxidation sites excluding steroid dienone is 1. The molecule has 0 radical (unpaired) electrons. The molecule has 1 atom stereocenters. The number of carbonyl (C=O) groups excluding carboxylic acids is 2. The van der Waals surface area contributed by atoms with Gasteiger partial charge in [0.05, 0.1) is 18.4 Å². The van der Waals surface area contributed by atoms with E-state index in [0.29, 0.717) is 5.76 Å². The van der Waals surface area contributed by atoms with E-state index in [1.165, 1.54) is 29.5 Å². The largest absolute Gasteiger partial charge is 0.467 e. The number of benzene rings is 2. The molecule has 0 saturated carbocycles. The molecule has 1 aromatic heterocycles. The van der Waals surface area contributed by atoms with E-state index in [1.807, 2.05) is 36.4 Å². The molecule has 0 bridgehead atoms. The maximum absolute atomic E-state index is 13.1. The van der Waals surface area contributed by atoms with Crippen molar-refractivity contribution >= 4 is 46.7 Å². The molecule has 190 valence electrons. The summed E-state index contributed by atoms with van der Waals surface area (Å²) < 4.78 is 44.2. The number of furan rings is 1. The van der Waals surface area contributed by atoms with E-state index < -0.39 is 22.9 Å². The number of carbonyl (C=O) groups is 2. The van der Waals surface area contributed by atoms with Crippen LogP contribution >= 0.6 is 11.8 Å². The normalized spacial score (nSPS) is 17.4. The molecule has 1 aliphatic rings. The van der Waals surface area contributed by atoms with Crippen LogP contribution in [0.4, 0.5) is 18.9 Å². The minimum Gasteiger partial charge on any atom is -0.467 e. The fourth-order valence-corrected chi connectivity index (χ4v) is 4.51. The van der Waals surface area contributed by atoms with Crippen LogP contribution in [0.25, 0.3) is 6.08 Å². The first kappa shape index (κ1) is 26.0. The molecule has 2 aromatic carbocycles. The zero-order valence-corrected chi connectivity index (χ0v) is 20.1. The molecule has 0 aliphatic carbocycles. The monoisotopic (exact) mass is 526 g/mol. The van der Waals surface area contributed by atoms with E-state index in [9.17, 15) is 22.8 Å². The Kier molecular flexibility index (Phi) is 8.24. The number of rotatable bonds is 8. The lowest BCUT2D eigenvalue weighted by Crippen LogP contribution is -2.33. The lowest BCUT2D eigenvalue weighted by Gasteiger charge is -2.14. The second-order valence-electron chi connectivity index (χ2n) is 7.86. The number of halogens is 3. The Labute approximate surface area is 214 Å². The Morgan fingerprint density at radius 1 is 1.11 bits per heavy atom. The Morgan fingerprint density at radius 3 is 2.65 bits per heavy atom. The zero-order valence-electron chi connectivity index (χ0n) is 19.3. The number of alkyl halides is 3. The third-order valence-corrected chi connectivity index (χ3v) is 6.31. The van der Waals surface area contributed by atoms with Gasteiger partial charge in [-0.15, -0.1) is 5.10 Å². The van der Waals surface area contributed by atoms with Crippen molar-refractivity contribution in [3.63, 3.8) is 0 Å². The average Bonchev–Trinajstić information content (AvgIpc) is 3.48. The third kappa shape index (κ3) is 7.20. The van der Waals surface area contributed by atoms with Crippen LogP contribution in [0.5, 0.6) is 0 Å². The number of nitrogens with zero attached hydrogens (tertiary/aromatic N) is 3. The number of anilines is 1. The van der Waals surface area contributed by atoms with Crippen molar-refractivity contribution < 1.29 is 27.2 Å². The molecule has 1 N–H and O–H groups in total. The van der Waals surface area contributed by atoms with Gasteiger partial charge in [0.1, 0.15) is 11.0 Å². The second kappa shape index (κ2) is 11.7. The van der Waals surface area contributed by atoms with Gasteiger partial charge in [0.15, 0.2) is 5.17 Å². The summed E-state index contributed by atoms with van der Waals surface area (Å²) in [7, 11) is 0. The molecular weight excluding hydrogens is 505 g/mol. The molecular formula is C26H21F3N4O3S. The smallest absolute Gasteiger partial charge is 0.416 e. The van der Waals surface area contributed by atoms with E-state index in [4.69, 9.17) is 4.42 Å². The highest BCUT2D eigenvalue weighted by Gasteiger charge is 2.40. The number of nitrogens with one attached hydrogen (secondary N) is 1. The molecule has 1 saturated heterocycles. The molecule has 0 spiro atoms. The van der Waals surface area contributed by atoms with Gasteiger partial charge in [-0.3, -0.25) is 14.5 Å². The SMILES string of the molecule is O=C(C[C@@H]1S\C(=N/N=C\C=C\c2ccccc2)N(Cc2ccco2)C1=O)Nc1cccc(C(F)(F)F)c1. The first-order valence-electron chi connectivity index (χ1n) is 11.1. The van der Waals surface area contributed by atoms with Crippen molar-refractivity contribution in [1.29, 1.82) is 0 Å². The van der Waals surface area contributed by atoms with Crippen LogP contribution in [-0.2, 0) is 22.3 Å². The predicted octanol–water partition coefficient (Wildman–Crippen LogP) is 5.83. The molecule has 3 aromatic rings. The van der Waals surface area contributed by atoms with E-state index >= 15 is 0 Å². The van der Waals surface area contributed by atoms with Crippen LogP contribution in [0, 0.1) is 0 Å². The van der Waals surface area contributed by atoms with Crippen LogP contribution in [0.2, 0.25) is 0 Å². The number of thioether (sulfide) groups is 1. The maximum atomic E-state index is 13.1. The first-order valence-corrected chi connectivity index (χ1v) is 12.0. The second-order valence-corrected chi connectivity index (χ2v) is 9.03. The molecule has 0 unspecified atom stereocenters. The van der Waals surface area contributed by atoms with Crippen molar-refractivity contribution in [3.8, 4) is 0 Å². The van der Waals surface area contributed by atoms with Crippen molar-refractivity contribution in [2.75, 3.05) is 5.32 Å². The summed E-state index contributed by atoms with van der Waals surface area (Å²) in [5.41, 5.74) is 0.0968. The molecule has 11 heteroatoms. The Balaban J connectivity index is 1.44. The highest BCUT2D eigenvalue weighted by Crippen LogP contribution is 2.33. The highest BCUT2D eigenvalue weighted by atomic mass is 32.2. The molecule has 1 aliphatic heterocycles. The molecule has 2 amide bonds. The lowest BCUT2D eigenvalue weighted by atomic mass is 10.2. The van der Waals surface area contributed by atoms with E-state index in [1.54, 1.807) is 18.2 Å². The number of hydrogen-bond donors (Lipinski definition) is 1. The van der Waals surface area contributed by atoms with Gasteiger partial charge in [-0.25, -0.2) is 0 Å². The summed E-state index contributed by atoms with van der Waals surface area (Å²) in [5, 5.41) is 10.1. The Hall–Kier alpha value is -4.12. The first-order chi connectivity index (χ1) is 17.8. The van der Waals surface area contributed by atoms with Gasteiger partial charge in [-0.2, -0.15) is 18.3 Å². The van der Waals surface area contributed by atoms with Crippen LogP contribution in [0.3, 0.4) is 0 Å². The number of hydrogen-bond acceptors (Lipinski definition) is 6. The van der Waals surface area contributed by atoms with Crippen LogP contribution < -0.4 is 5.32 Å². The van der Waals surface area contributed by atoms with Crippen molar-refractivity contribution in [2.45, 2.75) is 24.4 Å². The van der Waals surface area contributed by atoms with E-state index in [0.717, 1.165) is 29.5 Å². The zero-order chi connectivity index (χ0) is 26.3.